The van der Waals surface area contributed by atoms with Gasteiger partial charge in [-0.15, -0.1) is 5.10 Å². The molecule has 1 aliphatic heterocycles. The van der Waals surface area contributed by atoms with Crippen molar-refractivity contribution in [1.29, 1.82) is 5.26 Å². The second-order valence-corrected chi connectivity index (χ2v) is 7.51. The first-order valence-electron chi connectivity index (χ1n) is 9.82. The van der Waals surface area contributed by atoms with Crippen molar-refractivity contribution in [3.63, 3.8) is 0 Å². The van der Waals surface area contributed by atoms with Crippen molar-refractivity contribution in [1.82, 2.24) is 34.7 Å². The van der Waals surface area contributed by atoms with Gasteiger partial charge in [0.2, 0.25) is 0 Å². The number of aromatic nitrogens is 6. The van der Waals surface area contributed by atoms with E-state index in [2.05, 4.69) is 32.8 Å². The number of fused-ring (bicyclic) bond motifs is 1. The zero-order valence-electron chi connectivity index (χ0n) is 16.2. The summed E-state index contributed by atoms with van der Waals surface area (Å²) in [7, 11) is 0. The summed E-state index contributed by atoms with van der Waals surface area (Å²) < 4.78 is 18.1. The van der Waals surface area contributed by atoms with E-state index in [0.717, 1.165) is 37.0 Å². The van der Waals surface area contributed by atoms with Crippen molar-refractivity contribution in [2.75, 3.05) is 13.1 Å². The van der Waals surface area contributed by atoms with Gasteiger partial charge in [-0.05, 0) is 52.9 Å². The van der Waals surface area contributed by atoms with Crippen LogP contribution >= 0.6 is 0 Å². The standard InChI is InChI=1S/C21H19FN8/c22-20-10-19(30-14-25-26-27-30)9-16-5-8-29(21(16)20)12-18-2-1-17(11-24-18)15-3-6-28(13-23)7-4-15/h1-2,5,8-11,14-15H,3-4,6-7,12H2. The fraction of sp³-hybridized carbons (Fsp3) is 0.286. The van der Waals surface area contributed by atoms with Crippen LogP contribution in [0.25, 0.3) is 16.6 Å². The Labute approximate surface area is 172 Å². The number of halogens is 1. The summed E-state index contributed by atoms with van der Waals surface area (Å²) in [6.45, 7) is 2.08. The van der Waals surface area contributed by atoms with Gasteiger partial charge in [0.05, 0.1) is 23.4 Å². The SMILES string of the molecule is N#CN1CCC(c2ccc(Cn3ccc4cc(-n5cnnn5)cc(F)c43)nc2)CC1. The molecule has 1 aliphatic rings. The zero-order chi connectivity index (χ0) is 20.5. The highest BCUT2D eigenvalue weighted by atomic mass is 19.1. The second kappa shape index (κ2) is 7.55. The molecule has 8 nitrogen and oxygen atoms in total. The van der Waals surface area contributed by atoms with E-state index in [-0.39, 0.29) is 5.82 Å². The summed E-state index contributed by atoms with van der Waals surface area (Å²) in [6.07, 6.45) is 9.36. The monoisotopic (exact) mass is 402 g/mol. The lowest BCUT2D eigenvalue weighted by atomic mass is 9.90. The lowest BCUT2D eigenvalue weighted by Crippen LogP contribution is -2.28. The molecule has 1 saturated heterocycles. The van der Waals surface area contributed by atoms with Crippen LogP contribution in [0.1, 0.15) is 30.0 Å². The molecule has 150 valence electrons. The Bertz CT molecular complexity index is 1200. The van der Waals surface area contributed by atoms with Crippen LogP contribution in [0.15, 0.2) is 49.1 Å². The molecule has 0 bridgehead atoms. The van der Waals surface area contributed by atoms with Gasteiger partial charge < -0.3 is 9.47 Å². The third-order valence-corrected chi connectivity index (χ3v) is 5.70. The first-order chi connectivity index (χ1) is 14.7. The summed E-state index contributed by atoms with van der Waals surface area (Å²) >= 11 is 0. The minimum Gasteiger partial charge on any atom is -0.339 e. The van der Waals surface area contributed by atoms with Crippen LogP contribution in [0.4, 0.5) is 4.39 Å². The molecule has 1 fully saturated rings. The van der Waals surface area contributed by atoms with E-state index in [1.807, 2.05) is 35.2 Å². The van der Waals surface area contributed by atoms with Gasteiger partial charge in [-0.25, -0.2) is 9.07 Å². The van der Waals surface area contributed by atoms with Crippen molar-refractivity contribution in [3.05, 3.63) is 66.1 Å². The fourth-order valence-electron chi connectivity index (χ4n) is 4.08. The molecule has 0 saturated carbocycles. The van der Waals surface area contributed by atoms with Gasteiger partial charge in [0.25, 0.3) is 0 Å². The predicted octanol–water partition coefficient (Wildman–Crippen LogP) is 2.86. The summed E-state index contributed by atoms with van der Waals surface area (Å²) in [6, 6.07) is 9.27. The van der Waals surface area contributed by atoms with Crippen LogP contribution in [0.3, 0.4) is 0 Å². The molecule has 0 amide bonds. The molecule has 0 aliphatic carbocycles. The Kier molecular flexibility index (Phi) is 4.59. The van der Waals surface area contributed by atoms with E-state index in [1.165, 1.54) is 22.6 Å². The maximum absolute atomic E-state index is 14.9. The maximum Gasteiger partial charge on any atom is 0.179 e. The molecular formula is C21H19FN8. The van der Waals surface area contributed by atoms with Crippen LogP contribution in [0.2, 0.25) is 0 Å². The molecule has 0 N–H and O–H groups in total. The van der Waals surface area contributed by atoms with Crippen LogP contribution in [-0.2, 0) is 6.54 Å². The van der Waals surface area contributed by atoms with Crippen LogP contribution < -0.4 is 0 Å². The van der Waals surface area contributed by atoms with Gasteiger partial charge in [0.1, 0.15) is 12.1 Å². The number of nitriles is 1. The Hall–Kier alpha value is -3.80. The Morgan fingerprint density at radius 1 is 1.17 bits per heavy atom. The summed E-state index contributed by atoms with van der Waals surface area (Å²) in [4.78, 5) is 6.41. The first-order valence-corrected chi connectivity index (χ1v) is 9.82. The molecule has 0 radical (unpaired) electrons. The van der Waals surface area contributed by atoms with Crippen LogP contribution in [-0.4, -0.2) is 47.7 Å². The van der Waals surface area contributed by atoms with E-state index in [4.69, 9.17) is 5.26 Å². The molecule has 0 atom stereocenters. The van der Waals surface area contributed by atoms with E-state index in [1.54, 1.807) is 4.90 Å². The lowest BCUT2D eigenvalue weighted by Gasteiger charge is -2.28. The quantitative estimate of drug-likeness (QED) is 0.488. The molecule has 1 aromatic carbocycles. The van der Waals surface area contributed by atoms with Gasteiger partial charge in [0, 0.05) is 36.9 Å². The molecular weight excluding hydrogens is 383 g/mol. The second-order valence-electron chi connectivity index (χ2n) is 7.51. The summed E-state index contributed by atoms with van der Waals surface area (Å²) in [5, 5.41) is 20.8. The number of tetrazole rings is 1. The van der Waals surface area contributed by atoms with Crippen molar-refractivity contribution >= 4 is 10.9 Å². The van der Waals surface area contributed by atoms with Crippen molar-refractivity contribution in [3.8, 4) is 11.9 Å². The Balaban J connectivity index is 1.35. The normalized spacial score (nSPS) is 14.9. The Morgan fingerprint density at radius 2 is 2.03 bits per heavy atom. The van der Waals surface area contributed by atoms with E-state index in [0.29, 0.717) is 23.7 Å². The molecule has 0 unspecified atom stereocenters. The van der Waals surface area contributed by atoms with Gasteiger partial charge in [-0.2, -0.15) is 5.26 Å². The molecule has 4 aromatic rings. The van der Waals surface area contributed by atoms with Crippen molar-refractivity contribution in [2.45, 2.75) is 25.3 Å². The van der Waals surface area contributed by atoms with Crippen molar-refractivity contribution in [2.24, 2.45) is 0 Å². The summed E-state index contributed by atoms with van der Waals surface area (Å²) in [5.41, 5.74) is 3.18. The van der Waals surface area contributed by atoms with E-state index in [9.17, 15) is 4.39 Å². The molecule has 5 rings (SSSR count). The molecule has 30 heavy (non-hydrogen) atoms. The smallest absolute Gasteiger partial charge is 0.179 e. The topological polar surface area (TPSA) is 88.5 Å². The molecule has 3 aromatic heterocycles. The number of piperidine rings is 1. The predicted molar refractivity (Wildman–Crippen MR) is 107 cm³/mol. The third-order valence-electron chi connectivity index (χ3n) is 5.70. The van der Waals surface area contributed by atoms with Crippen LogP contribution in [0, 0.1) is 17.3 Å². The summed E-state index contributed by atoms with van der Waals surface area (Å²) in [5.74, 6) is 0.106. The molecule has 4 heterocycles. The number of pyridine rings is 1. The van der Waals surface area contributed by atoms with E-state index < -0.39 is 0 Å². The molecule has 9 heteroatoms. The van der Waals surface area contributed by atoms with Crippen molar-refractivity contribution < 1.29 is 4.39 Å². The maximum atomic E-state index is 14.9. The zero-order valence-corrected chi connectivity index (χ0v) is 16.2. The number of likely N-dealkylation sites (tertiary alicyclic amines) is 1. The van der Waals surface area contributed by atoms with Gasteiger partial charge in [0.15, 0.2) is 6.19 Å². The number of rotatable bonds is 4. The highest BCUT2D eigenvalue weighted by Crippen LogP contribution is 2.28. The lowest BCUT2D eigenvalue weighted by molar-refractivity contribution is 0.295. The highest BCUT2D eigenvalue weighted by Gasteiger charge is 2.20. The third kappa shape index (κ3) is 3.37. The van der Waals surface area contributed by atoms with Crippen LogP contribution in [0.5, 0.6) is 0 Å². The minimum absolute atomic E-state index is 0.330. The largest absolute Gasteiger partial charge is 0.339 e. The minimum atomic E-state index is -0.330. The average Bonchev–Trinajstić information content (AvgIpc) is 3.45. The Morgan fingerprint density at radius 3 is 2.73 bits per heavy atom. The average molecular weight is 402 g/mol. The highest BCUT2D eigenvalue weighted by molar-refractivity contribution is 5.83. The number of hydrogen-bond donors (Lipinski definition) is 0. The first kappa shape index (κ1) is 18.2. The fourth-order valence-corrected chi connectivity index (χ4v) is 4.08. The number of hydrogen-bond acceptors (Lipinski definition) is 6. The number of benzene rings is 1. The van der Waals surface area contributed by atoms with Gasteiger partial charge in [-0.1, -0.05) is 6.07 Å². The van der Waals surface area contributed by atoms with Gasteiger partial charge in [-0.3, -0.25) is 4.98 Å². The van der Waals surface area contributed by atoms with E-state index >= 15 is 0 Å². The van der Waals surface area contributed by atoms with Gasteiger partial charge >= 0.3 is 0 Å². The molecule has 0 spiro atoms. The number of nitrogens with zero attached hydrogens (tertiary/aromatic N) is 8.